The van der Waals surface area contributed by atoms with Crippen LogP contribution in [0, 0.1) is 5.41 Å². The summed E-state index contributed by atoms with van der Waals surface area (Å²) in [6, 6.07) is 13.0. The van der Waals surface area contributed by atoms with Crippen molar-refractivity contribution in [3.05, 3.63) is 73.3 Å². The van der Waals surface area contributed by atoms with E-state index in [2.05, 4.69) is 37.4 Å². The lowest BCUT2D eigenvalue weighted by Crippen LogP contribution is -2.01. The lowest BCUT2D eigenvalue weighted by atomic mass is 10.2. The van der Waals surface area contributed by atoms with Crippen molar-refractivity contribution in [2.75, 3.05) is 16.4 Å². The van der Waals surface area contributed by atoms with Crippen LogP contribution < -0.4 is 16.4 Å². The molecule has 0 saturated carbocycles. The van der Waals surface area contributed by atoms with Gasteiger partial charge in [0.05, 0.1) is 23.7 Å². The topological polar surface area (TPSA) is 149 Å². The van der Waals surface area contributed by atoms with E-state index >= 15 is 0 Å². The molecule has 9 nitrogen and oxygen atoms in total. The number of rotatable bonds is 5. The third kappa shape index (κ3) is 4.66. The number of nitrogens with one attached hydrogen (secondary N) is 4. The lowest BCUT2D eigenvalue weighted by molar-refractivity contribution is 0.476. The summed E-state index contributed by atoms with van der Waals surface area (Å²) in [5.41, 5.74) is 9.60. The highest BCUT2D eigenvalue weighted by molar-refractivity contribution is 5.92. The molecule has 29 heavy (non-hydrogen) atoms. The average Bonchev–Trinajstić information content (AvgIpc) is 3.20. The number of hydrogen-bond donors (Lipinski definition) is 6. The van der Waals surface area contributed by atoms with Crippen LogP contribution in [-0.4, -0.2) is 31.5 Å². The molecule has 9 heteroatoms. The van der Waals surface area contributed by atoms with Crippen LogP contribution in [0.2, 0.25) is 0 Å². The number of hydrogen-bond acceptors (Lipinski definition) is 8. The summed E-state index contributed by atoms with van der Waals surface area (Å²) in [7, 11) is 0. The molecule has 0 aliphatic heterocycles. The molecule has 4 aromatic rings. The fourth-order valence-corrected chi connectivity index (χ4v) is 2.61. The van der Waals surface area contributed by atoms with Gasteiger partial charge in [0.1, 0.15) is 5.82 Å². The van der Waals surface area contributed by atoms with Gasteiger partial charge in [0.25, 0.3) is 0 Å². The highest BCUT2D eigenvalue weighted by atomic mass is 16.2. The average molecular weight is 388 g/mol. The van der Waals surface area contributed by atoms with E-state index in [1.54, 1.807) is 30.6 Å². The van der Waals surface area contributed by atoms with Crippen molar-refractivity contribution in [1.29, 1.82) is 5.41 Å². The van der Waals surface area contributed by atoms with Crippen molar-refractivity contribution in [3.8, 4) is 0 Å². The van der Waals surface area contributed by atoms with Crippen LogP contribution in [0.1, 0.15) is 5.56 Å². The first-order valence-electron chi connectivity index (χ1n) is 8.59. The van der Waals surface area contributed by atoms with Gasteiger partial charge >= 0.3 is 0 Å². The first kappa shape index (κ1) is 19.4. The molecular formula is C20H20N8O. The summed E-state index contributed by atoms with van der Waals surface area (Å²) in [4.78, 5) is 8.72. The highest BCUT2D eigenvalue weighted by Crippen LogP contribution is 2.25. The van der Waals surface area contributed by atoms with Gasteiger partial charge in [-0.25, -0.2) is 4.98 Å². The van der Waals surface area contributed by atoms with Crippen LogP contribution in [0.25, 0.3) is 10.9 Å². The zero-order chi connectivity index (χ0) is 20.6. The Bertz CT molecular complexity index is 1140. The van der Waals surface area contributed by atoms with Crippen molar-refractivity contribution >= 4 is 45.9 Å². The molecule has 2 aromatic heterocycles. The van der Waals surface area contributed by atoms with Crippen LogP contribution in [-0.2, 0) is 0 Å². The van der Waals surface area contributed by atoms with Crippen molar-refractivity contribution in [2.45, 2.75) is 0 Å². The van der Waals surface area contributed by atoms with Crippen molar-refractivity contribution in [1.82, 2.24) is 20.2 Å². The Hall–Kier alpha value is -4.40. The number of nitrogens with zero attached hydrogens (tertiary/aromatic N) is 3. The lowest BCUT2D eigenvalue weighted by Gasteiger charge is -2.10. The quantitative estimate of drug-likeness (QED) is 0.171. The summed E-state index contributed by atoms with van der Waals surface area (Å²) in [5.74, 6) is 1.09. The minimum Gasteiger partial charge on any atom is -0.516 e. The molecule has 146 valence electrons. The van der Waals surface area contributed by atoms with Crippen molar-refractivity contribution < 1.29 is 5.11 Å². The minimum atomic E-state index is 0.440. The summed E-state index contributed by atoms with van der Waals surface area (Å²) in [5, 5.41) is 29.1. The largest absolute Gasteiger partial charge is 0.516 e. The van der Waals surface area contributed by atoms with Crippen LogP contribution in [0.4, 0.5) is 28.8 Å². The SMILES string of the molecule is C=CO.N=Cc1cc(Nc2nccc(Nc3cccc4[nH]ncc34)n2)ccc1N. The molecule has 4 rings (SSSR count). The third-order valence-corrected chi connectivity index (χ3v) is 3.90. The van der Waals surface area contributed by atoms with Gasteiger partial charge in [-0.3, -0.25) is 5.10 Å². The molecule has 0 fully saturated rings. The Labute approximate surface area is 166 Å². The summed E-state index contributed by atoms with van der Waals surface area (Å²) in [6.45, 7) is 2.92. The zero-order valence-corrected chi connectivity index (χ0v) is 15.4. The van der Waals surface area contributed by atoms with E-state index in [4.69, 9.17) is 16.2 Å². The molecule has 2 heterocycles. The number of H-pyrrole nitrogens is 1. The fraction of sp³-hybridized carbons (Fsp3) is 0. The van der Waals surface area contributed by atoms with Gasteiger partial charge in [0, 0.05) is 34.7 Å². The van der Waals surface area contributed by atoms with Crippen molar-refractivity contribution in [3.63, 3.8) is 0 Å². The summed E-state index contributed by atoms with van der Waals surface area (Å²) in [6.07, 6.45) is 5.40. The van der Waals surface area contributed by atoms with Gasteiger partial charge in [-0.05, 0) is 36.4 Å². The second-order valence-corrected chi connectivity index (χ2v) is 5.82. The maximum atomic E-state index is 7.39. The van der Waals surface area contributed by atoms with Gasteiger partial charge in [-0.15, -0.1) is 0 Å². The van der Waals surface area contributed by atoms with Crippen LogP contribution >= 0.6 is 0 Å². The molecule has 0 spiro atoms. The minimum absolute atomic E-state index is 0.440. The number of aliphatic hydroxyl groups excluding tert-OH is 1. The van der Waals surface area contributed by atoms with E-state index in [0.717, 1.165) is 28.5 Å². The molecule has 0 amide bonds. The van der Waals surface area contributed by atoms with E-state index in [9.17, 15) is 0 Å². The Morgan fingerprint density at radius 3 is 2.79 bits per heavy atom. The van der Waals surface area contributed by atoms with Gasteiger partial charge < -0.3 is 26.9 Å². The number of nitrogen functional groups attached to an aromatic ring is 1. The van der Waals surface area contributed by atoms with E-state index in [1.807, 2.05) is 24.3 Å². The maximum absolute atomic E-state index is 7.39. The Balaban J connectivity index is 0.000000755. The third-order valence-electron chi connectivity index (χ3n) is 3.90. The van der Waals surface area contributed by atoms with E-state index < -0.39 is 0 Å². The predicted octanol–water partition coefficient (Wildman–Crippen LogP) is 4.11. The fourth-order valence-electron chi connectivity index (χ4n) is 2.61. The smallest absolute Gasteiger partial charge is 0.229 e. The Morgan fingerprint density at radius 2 is 2.00 bits per heavy atom. The van der Waals surface area contributed by atoms with Gasteiger partial charge in [0.2, 0.25) is 5.95 Å². The number of fused-ring (bicyclic) bond motifs is 1. The second-order valence-electron chi connectivity index (χ2n) is 5.82. The molecule has 0 atom stereocenters. The number of benzene rings is 2. The first-order valence-corrected chi connectivity index (χ1v) is 8.59. The monoisotopic (exact) mass is 388 g/mol. The van der Waals surface area contributed by atoms with Gasteiger partial charge in [-0.1, -0.05) is 12.6 Å². The second kappa shape index (κ2) is 9.00. The number of aliphatic hydroxyl groups is 1. The standard InChI is InChI=1S/C18H16N8.C2H4O/c19-9-11-8-12(4-5-14(11)20)23-18-21-7-6-17(25-18)24-15-2-1-3-16-13(15)10-22-26-16;1-2-3/h1-10,19H,20H2,(H,22,26)(H2,21,23,24,25);2-3H,1H2. The van der Waals surface area contributed by atoms with Gasteiger partial charge in [0.15, 0.2) is 0 Å². The van der Waals surface area contributed by atoms with Gasteiger partial charge in [-0.2, -0.15) is 10.1 Å². The molecule has 7 N–H and O–H groups in total. The van der Waals surface area contributed by atoms with Crippen molar-refractivity contribution in [2.24, 2.45) is 0 Å². The molecule has 0 radical (unpaired) electrons. The van der Waals surface area contributed by atoms with E-state index in [1.165, 1.54) is 6.21 Å². The molecule has 0 aliphatic carbocycles. The van der Waals surface area contributed by atoms with E-state index in [0.29, 0.717) is 23.0 Å². The molecule has 0 aliphatic rings. The maximum Gasteiger partial charge on any atom is 0.229 e. The Kier molecular flexibility index (Phi) is 6.01. The zero-order valence-electron chi connectivity index (χ0n) is 15.4. The van der Waals surface area contributed by atoms with Crippen LogP contribution in [0.5, 0.6) is 0 Å². The molecule has 2 aromatic carbocycles. The molecule has 0 bridgehead atoms. The Morgan fingerprint density at radius 1 is 1.17 bits per heavy atom. The predicted molar refractivity (Wildman–Crippen MR) is 116 cm³/mol. The molecule has 0 unspecified atom stereocenters. The normalized spacial score (nSPS) is 9.93. The van der Waals surface area contributed by atoms with Crippen LogP contribution in [0.15, 0.2) is 67.7 Å². The number of aromatic nitrogens is 4. The summed E-state index contributed by atoms with van der Waals surface area (Å²) >= 11 is 0. The number of aromatic amines is 1. The molecule has 0 saturated heterocycles. The highest BCUT2D eigenvalue weighted by Gasteiger charge is 2.06. The first-order chi connectivity index (χ1) is 14.1. The number of nitrogens with two attached hydrogens (primary N) is 1. The van der Waals surface area contributed by atoms with Crippen LogP contribution in [0.3, 0.4) is 0 Å². The molecular weight excluding hydrogens is 368 g/mol. The summed E-state index contributed by atoms with van der Waals surface area (Å²) < 4.78 is 0. The van der Waals surface area contributed by atoms with E-state index in [-0.39, 0.29) is 0 Å². The number of anilines is 5.